The van der Waals surface area contributed by atoms with E-state index in [4.69, 9.17) is 4.74 Å². The molecule has 7 heteroatoms. The van der Waals surface area contributed by atoms with Gasteiger partial charge in [-0.25, -0.2) is 0 Å². The highest BCUT2D eigenvalue weighted by atomic mass is 16.5. The van der Waals surface area contributed by atoms with Gasteiger partial charge in [0.25, 0.3) is 5.91 Å². The van der Waals surface area contributed by atoms with Crippen LogP contribution in [-0.2, 0) is 11.8 Å². The first-order valence-electron chi connectivity index (χ1n) is 13.5. The monoisotopic (exact) mass is 522 g/mol. The number of benzene rings is 3. The Morgan fingerprint density at radius 2 is 1.59 bits per heavy atom. The van der Waals surface area contributed by atoms with Gasteiger partial charge < -0.3 is 24.0 Å². The SMILES string of the molecule is COc1ccccc1N1CCN(C(=O)C(C)N2C(=O)c3ccccc3C2c2c(C)n(C)c3ccccc23)CC1. The van der Waals surface area contributed by atoms with Crippen LogP contribution >= 0.6 is 0 Å². The van der Waals surface area contributed by atoms with E-state index in [-0.39, 0.29) is 17.9 Å². The second-order valence-electron chi connectivity index (χ2n) is 10.4. The third kappa shape index (κ3) is 3.95. The number of methoxy groups -OCH3 is 1. The van der Waals surface area contributed by atoms with Crippen molar-refractivity contribution in [2.45, 2.75) is 25.9 Å². The molecule has 0 N–H and O–H groups in total. The zero-order valence-electron chi connectivity index (χ0n) is 22.9. The number of hydrogen-bond donors (Lipinski definition) is 0. The normalized spacial score (nSPS) is 18.0. The number of piperazine rings is 1. The Morgan fingerprint density at radius 1 is 0.923 bits per heavy atom. The number of aryl methyl sites for hydroxylation is 1. The van der Waals surface area contributed by atoms with Crippen LogP contribution in [0.5, 0.6) is 5.75 Å². The summed E-state index contributed by atoms with van der Waals surface area (Å²) in [7, 11) is 3.74. The molecule has 200 valence electrons. The number of carbonyl (C=O) groups excluding carboxylic acids is 2. The van der Waals surface area contributed by atoms with E-state index in [9.17, 15) is 9.59 Å². The Hall–Kier alpha value is -4.26. The molecular formula is C32H34N4O3. The minimum absolute atomic E-state index is 0.0151. The van der Waals surface area contributed by atoms with Crippen molar-refractivity contribution in [2.24, 2.45) is 7.05 Å². The summed E-state index contributed by atoms with van der Waals surface area (Å²) in [6.45, 7) is 6.58. The molecule has 1 fully saturated rings. The molecule has 0 spiro atoms. The van der Waals surface area contributed by atoms with E-state index in [0.29, 0.717) is 31.7 Å². The zero-order valence-corrected chi connectivity index (χ0v) is 22.9. The highest BCUT2D eigenvalue weighted by Crippen LogP contribution is 2.44. The van der Waals surface area contributed by atoms with Crippen molar-refractivity contribution in [3.63, 3.8) is 0 Å². The molecule has 2 unspecified atom stereocenters. The average molecular weight is 523 g/mol. The number of aromatic nitrogens is 1. The maximum Gasteiger partial charge on any atom is 0.255 e. The third-order valence-corrected chi connectivity index (χ3v) is 8.51. The van der Waals surface area contributed by atoms with Crippen molar-refractivity contribution >= 4 is 28.4 Å². The fourth-order valence-corrected chi connectivity index (χ4v) is 6.37. The molecule has 1 saturated heterocycles. The van der Waals surface area contributed by atoms with Gasteiger partial charge in [-0.15, -0.1) is 0 Å². The average Bonchev–Trinajstić information content (AvgIpc) is 3.41. The number of hydrogen-bond acceptors (Lipinski definition) is 4. The van der Waals surface area contributed by atoms with Gasteiger partial charge in [-0.2, -0.15) is 0 Å². The summed E-state index contributed by atoms with van der Waals surface area (Å²) in [5, 5.41) is 1.11. The smallest absolute Gasteiger partial charge is 0.255 e. The second kappa shape index (κ2) is 9.80. The van der Waals surface area contributed by atoms with Gasteiger partial charge in [0.1, 0.15) is 11.8 Å². The molecule has 4 aromatic rings. The molecule has 0 saturated carbocycles. The minimum Gasteiger partial charge on any atom is -0.495 e. The summed E-state index contributed by atoms with van der Waals surface area (Å²) >= 11 is 0. The fourth-order valence-electron chi connectivity index (χ4n) is 6.37. The molecule has 2 atom stereocenters. The van der Waals surface area contributed by atoms with Gasteiger partial charge >= 0.3 is 0 Å². The number of para-hydroxylation sites is 3. The van der Waals surface area contributed by atoms with Crippen LogP contribution in [0.15, 0.2) is 72.8 Å². The van der Waals surface area contributed by atoms with E-state index in [2.05, 4.69) is 41.6 Å². The van der Waals surface area contributed by atoms with Gasteiger partial charge in [0.2, 0.25) is 5.91 Å². The van der Waals surface area contributed by atoms with Crippen LogP contribution in [0.2, 0.25) is 0 Å². The number of amides is 2. The molecule has 3 aromatic carbocycles. The van der Waals surface area contributed by atoms with Crippen molar-refractivity contribution < 1.29 is 14.3 Å². The van der Waals surface area contributed by atoms with Gasteiger partial charge in [0.05, 0.1) is 18.8 Å². The topological polar surface area (TPSA) is 58.0 Å². The molecule has 2 amide bonds. The predicted octanol–water partition coefficient (Wildman–Crippen LogP) is 4.78. The van der Waals surface area contributed by atoms with Crippen molar-refractivity contribution in [2.75, 3.05) is 38.2 Å². The lowest BCUT2D eigenvalue weighted by Crippen LogP contribution is -2.55. The molecule has 3 heterocycles. The van der Waals surface area contributed by atoms with Crippen molar-refractivity contribution in [3.8, 4) is 5.75 Å². The molecule has 2 aliphatic rings. The van der Waals surface area contributed by atoms with Crippen LogP contribution in [0.1, 0.15) is 40.1 Å². The number of fused-ring (bicyclic) bond motifs is 2. The van der Waals surface area contributed by atoms with Gasteiger partial charge in [0.15, 0.2) is 0 Å². The standard InChI is InChI=1S/C32H34N4O3/c1-21-29(25-13-7-8-14-26(25)33(21)3)30-23-11-5-6-12-24(23)32(38)36(30)22(2)31(37)35-19-17-34(18-20-35)27-15-9-10-16-28(27)39-4/h5-16,22,30H,17-20H2,1-4H3. The maximum absolute atomic E-state index is 14.0. The Balaban J connectivity index is 1.31. The lowest BCUT2D eigenvalue weighted by atomic mass is 9.95. The van der Waals surface area contributed by atoms with E-state index < -0.39 is 6.04 Å². The molecule has 2 aliphatic heterocycles. The predicted molar refractivity (Wildman–Crippen MR) is 153 cm³/mol. The van der Waals surface area contributed by atoms with E-state index in [1.165, 1.54) is 0 Å². The molecule has 7 nitrogen and oxygen atoms in total. The van der Waals surface area contributed by atoms with Gasteiger partial charge in [-0.3, -0.25) is 9.59 Å². The van der Waals surface area contributed by atoms with E-state index in [0.717, 1.165) is 39.2 Å². The number of nitrogens with zero attached hydrogens (tertiary/aromatic N) is 4. The first-order valence-corrected chi connectivity index (χ1v) is 13.5. The number of rotatable bonds is 5. The molecule has 0 aliphatic carbocycles. The van der Waals surface area contributed by atoms with Crippen molar-refractivity contribution in [3.05, 3.63) is 95.2 Å². The van der Waals surface area contributed by atoms with Gasteiger partial charge in [-0.05, 0) is 43.7 Å². The highest BCUT2D eigenvalue weighted by Gasteiger charge is 2.45. The van der Waals surface area contributed by atoms with E-state index in [1.807, 2.05) is 71.3 Å². The Bertz CT molecular complexity index is 1570. The summed E-state index contributed by atoms with van der Waals surface area (Å²) in [5.41, 5.74) is 5.98. The van der Waals surface area contributed by atoms with Crippen LogP contribution in [-0.4, -0.2) is 65.5 Å². The Labute approximate surface area is 229 Å². The first-order chi connectivity index (χ1) is 18.9. The lowest BCUT2D eigenvalue weighted by molar-refractivity contribution is -0.136. The van der Waals surface area contributed by atoms with E-state index >= 15 is 0 Å². The molecule has 1 aromatic heterocycles. The van der Waals surface area contributed by atoms with Crippen molar-refractivity contribution in [1.82, 2.24) is 14.4 Å². The number of anilines is 1. The largest absolute Gasteiger partial charge is 0.495 e. The van der Waals surface area contributed by atoms with Crippen LogP contribution < -0.4 is 9.64 Å². The third-order valence-electron chi connectivity index (χ3n) is 8.51. The molecule has 39 heavy (non-hydrogen) atoms. The summed E-state index contributed by atoms with van der Waals surface area (Å²) in [5.74, 6) is 0.731. The van der Waals surface area contributed by atoms with Crippen LogP contribution in [0.3, 0.4) is 0 Å². The van der Waals surface area contributed by atoms with Crippen LogP contribution in [0.25, 0.3) is 10.9 Å². The minimum atomic E-state index is -0.605. The molecular weight excluding hydrogens is 488 g/mol. The molecule has 0 radical (unpaired) electrons. The van der Waals surface area contributed by atoms with Crippen LogP contribution in [0.4, 0.5) is 5.69 Å². The summed E-state index contributed by atoms with van der Waals surface area (Å²) in [4.78, 5) is 33.8. The molecule has 0 bridgehead atoms. The summed E-state index contributed by atoms with van der Waals surface area (Å²) in [6, 6.07) is 23.1. The second-order valence-corrected chi connectivity index (χ2v) is 10.4. The van der Waals surface area contributed by atoms with Crippen LogP contribution in [0, 0.1) is 6.92 Å². The number of ether oxygens (including phenoxy) is 1. The lowest BCUT2D eigenvalue weighted by Gasteiger charge is -2.39. The quantitative estimate of drug-likeness (QED) is 0.379. The number of carbonyl (C=O) groups is 2. The van der Waals surface area contributed by atoms with E-state index in [1.54, 1.807) is 7.11 Å². The van der Waals surface area contributed by atoms with Crippen molar-refractivity contribution in [1.29, 1.82) is 0 Å². The highest BCUT2D eigenvalue weighted by molar-refractivity contribution is 6.03. The summed E-state index contributed by atoms with van der Waals surface area (Å²) < 4.78 is 7.73. The summed E-state index contributed by atoms with van der Waals surface area (Å²) in [6.07, 6.45) is 0. The maximum atomic E-state index is 14.0. The zero-order chi connectivity index (χ0) is 27.3. The Morgan fingerprint density at radius 3 is 2.36 bits per heavy atom. The van der Waals surface area contributed by atoms with Gasteiger partial charge in [-0.1, -0.05) is 48.5 Å². The molecule has 6 rings (SSSR count). The van der Waals surface area contributed by atoms with Gasteiger partial charge in [0, 0.05) is 61.0 Å². The fraction of sp³-hybridized carbons (Fsp3) is 0.312. The first kappa shape index (κ1) is 25.0. The Kier molecular flexibility index (Phi) is 6.29.